The molecule has 0 aliphatic carbocycles. The van der Waals surface area contributed by atoms with Crippen LogP contribution < -0.4 is 0 Å². The van der Waals surface area contributed by atoms with Crippen LogP contribution in [-0.2, 0) is 0 Å². The van der Waals surface area contributed by atoms with E-state index in [-0.39, 0.29) is 0 Å². The zero-order valence-electron chi connectivity index (χ0n) is 9.14. The Balaban J connectivity index is 2.57. The van der Waals surface area contributed by atoms with Crippen LogP contribution in [-0.4, -0.2) is 15.7 Å². The lowest BCUT2D eigenvalue weighted by atomic mass is 10.2. The van der Waals surface area contributed by atoms with E-state index in [4.69, 9.17) is 0 Å². The van der Waals surface area contributed by atoms with Crippen molar-refractivity contribution in [3.63, 3.8) is 0 Å². The van der Waals surface area contributed by atoms with E-state index in [9.17, 15) is 4.79 Å². The highest BCUT2D eigenvalue weighted by atomic mass is 79.9. The Labute approximate surface area is 106 Å². The number of fused-ring (bicyclic) bond motifs is 3. The molecule has 0 saturated carbocycles. The smallest absolute Gasteiger partial charge is 0.168 e. The minimum atomic E-state index is 0.618. The van der Waals surface area contributed by atoms with Gasteiger partial charge in [-0.3, -0.25) is 9.20 Å². The van der Waals surface area contributed by atoms with Gasteiger partial charge in [0.1, 0.15) is 11.3 Å². The van der Waals surface area contributed by atoms with Crippen molar-refractivity contribution in [3.8, 4) is 0 Å². The number of aryl methyl sites for hydroxylation is 1. The van der Waals surface area contributed by atoms with Crippen LogP contribution in [0.4, 0.5) is 0 Å². The number of aldehydes is 1. The lowest BCUT2D eigenvalue weighted by Crippen LogP contribution is -1.94. The third kappa shape index (κ3) is 1.48. The van der Waals surface area contributed by atoms with Crippen LogP contribution in [0.1, 0.15) is 16.2 Å². The Morgan fingerprint density at radius 2 is 2.12 bits per heavy atom. The first-order valence-corrected chi connectivity index (χ1v) is 6.02. The number of aromatic nitrogens is 2. The maximum Gasteiger partial charge on any atom is 0.168 e. The molecule has 2 heterocycles. The summed E-state index contributed by atoms with van der Waals surface area (Å²) >= 11 is 3.44. The van der Waals surface area contributed by atoms with Gasteiger partial charge in [-0.1, -0.05) is 15.9 Å². The van der Waals surface area contributed by atoms with Crippen molar-refractivity contribution in [1.29, 1.82) is 0 Å². The summed E-state index contributed by atoms with van der Waals surface area (Å²) in [6.45, 7) is 1.85. The summed E-state index contributed by atoms with van der Waals surface area (Å²) in [5.41, 5.74) is 3.18. The molecule has 3 rings (SSSR count). The molecule has 4 heteroatoms. The predicted molar refractivity (Wildman–Crippen MR) is 70.5 cm³/mol. The van der Waals surface area contributed by atoms with Crippen molar-refractivity contribution in [2.75, 3.05) is 0 Å². The summed E-state index contributed by atoms with van der Waals surface area (Å²) in [6.07, 6.45) is 0.858. The summed E-state index contributed by atoms with van der Waals surface area (Å²) in [7, 11) is 0. The molecule has 1 aromatic carbocycles. The van der Waals surface area contributed by atoms with E-state index in [1.807, 2.05) is 41.7 Å². The molecule has 0 atom stereocenters. The Morgan fingerprint density at radius 3 is 2.88 bits per heavy atom. The summed E-state index contributed by atoms with van der Waals surface area (Å²) in [5.74, 6) is 0. The molecule has 0 spiro atoms. The minimum absolute atomic E-state index is 0.618. The second kappa shape index (κ2) is 3.67. The van der Waals surface area contributed by atoms with E-state index < -0.39 is 0 Å². The quantitative estimate of drug-likeness (QED) is 0.644. The van der Waals surface area contributed by atoms with Gasteiger partial charge in [-0.05, 0) is 42.6 Å². The third-order valence-electron chi connectivity index (χ3n) is 2.88. The Morgan fingerprint density at radius 1 is 1.29 bits per heavy atom. The molecule has 0 aliphatic heterocycles. The molecule has 0 aliphatic rings. The Kier molecular flexibility index (Phi) is 2.26. The number of carbonyl (C=O) groups is 1. The highest BCUT2D eigenvalue weighted by Gasteiger charge is 2.10. The van der Waals surface area contributed by atoms with Gasteiger partial charge in [0.2, 0.25) is 0 Å². The topological polar surface area (TPSA) is 34.4 Å². The highest BCUT2D eigenvalue weighted by Crippen LogP contribution is 2.23. The van der Waals surface area contributed by atoms with Crippen LogP contribution in [0.3, 0.4) is 0 Å². The normalized spacial score (nSPS) is 11.2. The van der Waals surface area contributed by atoms with Crippen LogP contribution in [0.15, 0.2) is 34.8 Å². The SMILES string of the molecule is Cc1nc2ccc3cc(Br)ccc3n2c1C=O. The molecular weight excluding hydrogens is 280 g/mol. The van der Waals surface area contributed by atoms with Gasteiger partial charge in [-0.25, -0.2) is 4.98 Å². The molecule has 2 aromatic heterocycles. The van der Waals surface area contributed by atoms with E-state index in [2.05, 4.69) is 20.9 Å². The van der Waals surface area contributed by atoms with Crippen molar-refractivity contribution in [2.24, 2.45) is 0 Å². The van der Waals surface area contributed by atoms with E-state index in [1.165, 1.54) is 0 Å². The van der Waals surface area contributed by atoms with Gasteiger partial charge in [0.05, 0.1) is 11.2 Å². The number of hydrogen-bond acceptors (Lipinski definition) is 2. The number of imidazole rings is 1. The van der Waals surface area contributed by atoms with Crippen molar-refractivity contribution in [3.05, 3.63) is 46.2 Å². The fourth-order valence-electron chi connectivity index (χ4n) is 2.09. The molecule has 3 aromatic rings. The van der Waals surface area contributed by atoms with E-state index in [1.54, 1.807) is 0 Å². The van der Waals surface area contributed by atoms with Crippen LogP contribution in [0.25, 0.3) is 16.6 Å². The zero-order valence-corrected chi connectivity index (χ0v) is 10.7. The molecule has 0 unspecified atom stereocenters. The van der Waals surface area contributed by atoms with Gasteiger partial charge >= 0.3 is 0 Å². The third-order valence-corrected chi connectivity index (χ3v) is 3.37. The Hall–Kier alpha value is -1.68. The summed E-state index contributed by atoms with van der Waals surface area (Å²) in [4.78, 5) is 15.5. The molecule has 3 nitrogen and oxygen atoms in total. The maximum absolute atomic E-state index is 11.1. The van der Waals surface area contributed by atoms with Crippen molar-refractivity contribution < 1.29 is 4.79 Å². The largest absolute Gasteiger partial charge is 0.296 e. The first-order chi connectivity index (χ1) is 8.20. The fourth-order valence-corrected chi connectivity index (χ4v) is 2.47. The molecule has 0 fully saturated rings. The van der Waals surface area contributed by atoms with E-state index in [0.29, 0.717) is 5.69 Å². The molecule has 0 saturated heterocycles. The second-order valence-electron chi connectivity index (χ2n) is 3.93. The van der Waals surface area contributed by atoms with Crippen molar-refractivity contribution >= 4 is 38.8 Å². The van der Waals surface area contributed by atoms with Gasteiger partial charge in [0.25, 0.3) is 0 Å². The lowest BCUT2D eigenvalue weighted by molar-refractivity contribution is 0.111. The van der Waals surface area contributed by atoms with E-state index in [0.717, 1.165) is 33.0 Å². The average molecular weight is 289 g/mol. The van der Waals surface area contributed by atoms with Crippen LogP contribution >= 0.6 is 15.9 Å². The standard InChI is InChI=1S/C13H9BrN2O/c1-8-12(7-17)16-11-4-3-10(14)6-9(11)2-5-13(16)15-8/h2-7H,1H3. The van der Waals surface area contributed by atoms with Gasteiger partial charge in [-0.2, -0.15) is 0 Å². The second-order valence-corrected chi connectivity index (χ2v) is 4.85. The fraction of sp³-hybridized carbons (Fsp3) is 0.0769. The van der Waals surface area contributed by atoms with E-state index >= 15 is 0 Å². The summed E-state index contributed by atoms with van der Waals surface area (Å²) < 4.78 is 2.92. The number of halogens is 1. The van der Waals surface area contributed by atoms with Crippen LogP contribution in [0.2, 0.25) is 0 Å². The molecule has 0 amide bonds. The number of benzene rings is 1. The van der Waals surface area contributed by atoms with Crippen LogP contribution in [0.5, 0.6) is 0 Å². The highest BCUT2D eigenvalue weighted by molar-refractivity contribution is 9.10. The zero-order chi connectivity index (χ0) is 12.0. The first-order valence-electron chi connectivity index (χ1n) is 5.23. The predicted octanol–water partition coefficient (Wildman–Crippen LogP) is 3.37. The summed E-state index contributed by atoms with van der Waals surface area (Å²) in [5, 5.41) is 1.08. The summed E-state index contributed by atoms with van der Waals surface area (Å²) in [6, 6.07) is 9.91. The van der Waals surface area contributed by atoms with Gasteiger partial charge in [0.15, 0.2) is 6.29 Å². The average Bonchev–Trinajstić information content (AvgIpc) is 2.64. The first kappa shape index (κ1) is 10.5. The monoisotopic (exact) mass is 288 g/mol. The molecule has 84 valence electrons. The number of hydrogen-bond donors (Lipinski definition) is 0. The van der Waals surface area contributed by atoms with Gasteiger partial charge in [0, 0.05) is 4.47 Å². The molecule has 0 bridgehead atoms. The number of rotatable bonds is 1. The maximum atomic E-state index is 11.1. The molecular formula is C13H9BrN2O. The van der Waals surface area contributed by atoms with Gasteiger partial charge < -0.3 is 0 Å². The van der Waals surface area contributed by atoms with Crippen molar-refractivity contribution in [2.45, 2.75) is 6.92 Å². The van der Waals surface area contributed by atoms with Crippen LogP contribution in [0, 0.1) is 6.92 Å². The van der Waals surface area contributed by atoms with Gasteiger partial charge in [-0.15, -0.1) is 0 Å². The Bertz CT molecular complexity index is 746. The van der Waals surface area contributed by atoms with Crippen molar-refractivity contribution in [1.82, 2.24) is 9.38 Å². The number of pyridine rings is 1. The molecule has 0 radical (unpaired) electrons. The number of carbonyl (C=O) groups excluding carboxylic acids is 1. The molecule has 0 N–H and O–H groups in total. The lowest BCUT2D eigenvalue weighted by Gasteiger charge is -2.03. The minimum Gasteiger partial charge on any atom is -0.296 e. The number of nitrogens with zero attached hydrogens (tertiary/aromatic N) is 2. The molecule has 17 heavy (non-hydrogen) atoms.